The molecule has 1 aliphatic rings. The first-order chi connectivity index (χ1) is 10.7. The van der Waals surface area contributed by atoms with Crippen molar-refractivity contribution in [3.05, 3.63) is 41.2 Å². The van der Waals surface area contributed by atoms with Crippen molar-refractivity contribution in [3.8, 4) is 0 Å². The van der Waals surface area contributed by atoms with Crippen LogP contribution in [0.4, 0.5) is 13.9 Å². The molecule has 0 unspecified atom stereocenters. The number of methoxy groups -OCH3 is 1. The van der Waals surface area contributed by atoms with E-state index >= 15 is 0 Å². The highest BCUT2D eigenvalue weighted by Crippen LogP contribution is 2.33. The third-order valence-electron chi connectivity index (χ3n) is 3.90. The fraction of sp³-hybridized carbons (Fsp3) is 0.467. The third-order valence-corrected chi connectivity index (χ3v) is 4.72. The molecule has 1 fully saturated rings. The van der Waals surface area contributed by atoms with Gasteiger partial charge in [0.05, 0.1) is 0 Å². The summed E-state index contributed by atoms with van der Waals surface area (Å²) in [5.41, 5.74) is 0.222. The third kappa shape index (κ3) is 3.10. The molecule has 0 saturated carbocycles. The van der Waals surface area contributed by atoms with Crippen LogP contribution in [0.1, 0.15) is 30.1 Å². The zero-order valence-corrected chi connectivity index (χ0v) is 13.1. The average Bonchev–Trinajstić information content (AvgIpc) is 2.97. The quantitative estimate of drug-likeness (QED) is 0.864. The number of hydrogen-bond acceptors (Lipinski definition) is 5. The van der Waals surface area contributed by atoms with Gasteiger partial charge in [0.15, 0.2) is 5.82 Å². The summed E-state index contributed by atoms with van der Waals surface area (Å²) in [7, 11) is 1.61. The number of anilines is 1. The van der Waals surface area contributed by atoms with E-state index in [4.69, 9.17) is 4.74 Å². The fourth-order valence-electron chi connectivity index (χ4n) is 2.82. The van der Waals surface area contributed by atoms with Crippen LogP contribution in [0.25, 0.3) is 0 Å². The lowest BCUT2D eigenvalue weighted by Gasteiger charge is -2.31. The van der Waals surface area contributed by atoms with E-state index < -0.39 is 11.6 Å². The average molecular weight is 325 g/mol. The Morgan fingerprint density at radius 3 is 2.59 bits per heavy atom. The number of rotatable bonds is 4. The molecule has 118 valence electrons. The first kappa shape index (κ1) is 15.3. The van der Waals surface area contributed by atoms with Gasteiger partial charge in [-0.3, -0.25) is 0 Å². The van der Waals surface area contributed by atoms with Gasteiger partial charge in [-0.2, -0.15) is 4.37 Å². The van der Waals surface area contributed by atoms with E-state index in [-0.39, 0.29) is 11.5 Å². The number of aromatic nitrogens is 2. The maximum absolute atomic E-state index is 13.9. The number of halogens is 2. The summed E-state index contributed by atoms with van der Waals surface area (Å²) in [5, 5.41) is 0.847. The van der Waals surface area contributed by atoms with Crippen LogP contribution in [0.2, 0.25) is 0 Å². The van der Waals surface area contributed by atoms with Gasteiger partial charge in [0.2, 0.25) is 5.13 Å². The predicted octanol–water partition coefficient (Wildman–Crippen LogP) is 3.35. The number of piperidine rings is 1. The number of benzene rings is 1. The van der Waals surface area contributed by atoms with Gasteiger partial charge >= 0.3 is 0 Å². The summed E-state index contributed by atoms with van der Waals surface area (Å²) in [4.78, 5) is 6.53. The first-order valence-corrected chi connectivity index (χ1v) is 7.96. The van der Waals surface area contributed by atoms with Crippen molar-refractivity contribution in [2.24, 2.45) is 0 Å². The van der Waals surface area contributed by atoms with Crippen LogP contribution in [-0.4, -0.2) is 29.6 Å². The molecule has 0 bridgehead atoms. The minimum atomic E-state index is -0.447. The summed E-state index contributed by atoms with van der Waals surface area (Å²) in [6.45, 7) is 1.84. The zero-order valence-electron chi connectivity index (χ0n) is 12.3. The van der Waals surface area contributed by atoms with Crippen molar-refractivity contribution >= 4 is 16.7 Å². The lowest BCUT2D eigenvalue weighted by atomic mass is 9.89. The summed E-state index contributed by atoms with van der Waals surface area (Å²) in [5.74, 6) is -0.304. The topological polar surface area (TPSA) is 38.2 Å². The molecule has 4 nitrogen and oxygen atoms in total. The molecule has 0 atom stereocenters. The van der Waals surface area contributed by atoms with Gasteiger partial charge in [-0.05, 0) is 30.9 Å². The molecular weight excluding hydrogens is 308 g/mol. The highest BCUT2D eigenvalue weighted by molar-refractivity contribution is 7.09. The molecule has 2 heterocycles. The van der Waals surface area contributed by atoms with Crippen LogP contribution in [0, 0.1) is 11.6 Å². The minimum absolute atomic E-state index is 0.0798. The number of ether oxygens (including phenoxy) is 1. The van der Waals surface area contributed by atoms with Gasteiger partial charge in [-0.15, -0.1) is 0 Å². The van der Waals surface area contributed by atoms with Gasteiger partial charge < -0.3 is 9.64 Å². The van der Waals surface area contributed by atoms with E-state index in [1.807, 2.05) is 0 Å². The first-order valence-electron chi connectivity index (χ1n) is 7.19. The molecule has 1 aromatic carbocycles. The van der Waals surface area contributed by atoms with Gasteiger partial charge in [-0.1, -0.05) is 6.07 Å². The second-order valence-electron chi connectivity index (χ2n) is 5.32. The predicted molar refractivity (Wildman–Crippen MR) is 81.2 cm³/mol. The maximum atomic E-state index is 13.9. The molecule has 0 spiro atoms. The lowest BCUT2D eigenvalue weighted by Crippen LogP contribution is -2.33. The molecule has 1 saturated heterocycles. The molecule has 22 heavy (non-hydrogen) atoms. The number of nitrogens with zero attached hydrogens (tertiary/aromatic N) is 3. The monoisotopic (exact) mass is 325 g/mol. The largest absolute Gasteiger partial charge is 0.377 e. The fourth-order valence-corrected chi connectivity index (χ4v) is 3.55. The summed E-state index contributed by atoms with van der Waals surface area (Å²) in [6, 6.07) is 4.06. The van der Waals surface area contributed by atoms with Crippen molar-refractivity contribution < 1.29 is 13.5 Å². The summed E-state index contributed by atoms with van der Waals surface area (Å²) < 4.78 is 37.0. The van der Waals surface area contributed by atoms with Crippen molar-refractivity contribution in [3.63, 3.8) is 0 Å². The van der Waals surface area contributed by atoms with Crippen LogP contribution in [0.3, 0.4) is 0 Å². The van der Waals surface area contributed by atoms with Crippen LogP contribution >= 0.6 is 11.5 Å². The molecule has 0 radical (unpaired) electrons. The van der Waals surface area contributed by atoms with Crippen molar-refractivity contribution in [1.82, 2.24) is 9.36 Å². The molecule has 0 N–H and O–H groups in total. The van der Waals surface area contributed by atoms with Crippen LogP contribution < -0.4 is 4.90 Å². The maximum Gasteiger partial charge on any atom is 0.205 e. The molecular formula is C15H17F2N3OS. The Bertz CT molecular complexity index is 621. The Labute approximate surface area is 131 Å². The van der Waals surface area contributed by atoms with Gasteiger partial charge in [0.25, 0.3) is 0 Å². The SMILES string of the molecule is COCc1nsc(N2CCC(c3c(F)cccc3F)CC2)n1. The van der Waals surface area contributed by atoms with Gasteiger partial charge in [-0.25, -0.2) is 13.8 Å². The van der Waals surface area contributed by atoms with E-state index in [1.165, 1.54) is 29.7 Å². The molecule has 1 aromatic heterocycles. The van der Waals surface area contributed by atoms with E-state index in [0.29, 0.717) is 25.3 Å². The van der Waals surface area contributed by atoms with Gasteiger partial charge in [0, 0.05) is 37.3 Å². The van der Waals surface area contributed by atoms with Crippen molar-refractivity contribution in [1.29, 1.82) is 0 Å². The Kier molecular flexibility index (Phi) is 4.63. The highest BCUT2D eigenvalue weighted by atomic mass is 32.1. The molecule has 1 aliphatic heterocycles. The molecule has 0 amide bonds. The van der Waals surface area contributed by atoms with Gasteiger partial charge in [0.1, 0.15) is 18.2 Å². The molecule has 7 heteroatoms. The second kappa shape index (κ2) is 6.66. The van der Waals surface area contributed by atoms with E-state index in [0.717, 1.165) is 18.2 Å². The number of hydrogen-bond donors (Lipinski definition) is 0. The van der Waals surface area contributed by atoms with E-state index in [1.54, 1.807) is 7.11 Å². The van der Waals surface area contributed by atoms with Crippen molar-refractivity contribution in [2.75, 3.05) is 25.1 Å². The highest BCUT2D eigenvalue weighted by Gasteiger charge is 2.26. The van der Waals surface area contributed by atoms with Crippen LogP contribution in [0.5, 0.6) is 0 Å². The minimum Gasteiger partial charge on any atom is -0.377 e. The lowest BCUT2D eigenvalue weighted by molar-refractivity contribution is 0.179. The smallest absolute Gasteiger partial charge is 0.205 e. The standard InChI is InChI=1S/C15H17F2N3OS/c1-21-9-13-18-15(22-19-13)20-7-5-10(6-8-20)14-11(16)3-2-4-12(14)17/h2-4,10H,5-9H2,1H3. The zero-order chi connectivity index (χ0) is 15.5. The second-order valence-corrected chi connectivity index (χ2v) is 6.05. The Hall–Kier alpha value is -1.60. The summed E-state index contributed by atoms with van der Waals surface area (Å²) in [6.07, 6.45) is 1.41. The van der Waals surface area contributed by atoms with E-state index in [2.05, 4.69) is 14.3 Å². The summed E-state index contributed by atoms with van der Waals surface area (Å²) >= 11 is 1.34. The molecule has 3 rings (SSSR count). The van der Waals surface area contributed by atoms with Crippen LogP contribution in [-0.2, 0) is 11.3 Å². The Morgan fingerprint density at radius 2 is 1.95 bits per heavy atom. The molecule has 2 aromatic rings. The normalized spacial score (nSPS) is 16.2. The van der Waals surface area contributed by atoms with Crippen LogP contribution in [0.15, 0.2) is 18.2 Å². The van der Waals surface area contributed by atoms with Crippen molar-refractivity contribution in [2.45, 2.75) is 25.4 Å². The van der Waals surface area contributed by atoms with E-state index in [9.17, 15) is 8.78 Å². The Morgan fingerprint density at radius 1 is 1.27 bits per heavy atom. The Balaban J connectivity index is 1.67. The molecule has 0 aliphatic carbocycles.